The third-order valence-electron chi connectivity index (χ3n) is 2.23. The Morgan fingerprint density at radius 2 is 2.58 bits per heavy atom. The van der Waals surface area contributed by atoms with Gasteiger partial charge in [-0.25, -0.2) is 4.98 Å². The fraction of sp³-hybridized carbons (Fsp3) is 0.500. The number of carboxylic acid groups (broad SMARTS) is 1. The van der Waals surface area contributed by atoms with Crippen molar-refractivity contribution in [1.29, 1.82) is 0 Å². The molecule has 1 aromatic heterocycles. The highest BCUT2D eigenvalue weighted by molar-refractivity contribution is 7.09. The van der Waals surface area contributed by atoms with E-state index in [1.54, 1.807) is 16.8 Å². The van der Waals surface area contributed by atoms with Crippen molar-refractivity contribution in [1.82, 2.24) is 4.98 Å². The zero-order valence-corrected chi connectivity index (χ0v) is 7.47. The highest BCUT2D eigenvalue weighted by Gasteiger charge is 2.45. The number of hydrogen-bond acceptors (Lipinski definition) is 3. The van der Waals surface area contributed by atoms with E-state index in [1.165, 1.54) is 0 Å². The van der Waals surface area contributed by atoms with Crippen LogP contribution in [0.3, 0.4) is 0 Å². The van der Waals surface area contributed by atoms with E-state index < -0.39 is 5.97 Å². The predicted molar refractivity (Wildman–Crippen MR) is 45.3 cm³/mol. The van der Waals surface area contributed by atoms with Gasteiger partial charge < -0.3 is 5.11 Å². The van der Waals surface area contributed by atoms with Gasteiger partial charge in [-0.2, -0.15) is 0 Å². The van der Waals surface area contributed by atoms with Gasteiger partial charge in [0.25, 0.3) is 0 Å². The number of carbonyl (C=O) groups is 1. The van der Waals surface area contributed by atoms with Gasteiger partial charge in [-0.3, -0.25) is 4.79 Å². The maximum absolute atomic E-state index is 10.6. The first-order valence-electron chi connectivity index (χ1n) is 3.83. The van der Waals surface area contributed by atoms with Gasteiger partial charge in [0.05, 0.1) is 17.1 Å². The van der Waals surface area contributed by atoms with Gasteiger partial charge in [0.2, 0.25) is 0 Å². The van der Waals surface area contributed by atoms with Gasteiger partial charge in [0, 0.05) is 10.8 Å². The topological polar surface area (TPSA) is 50.2 Å². The largest absolute Gasteiger partial charge is 0.481 e. The first kappa shape index (κ1) is 7.73. The molecule has 4 heteroatoms. The lowest BCUT2D eigenvalue weighted by atomic mass is 10.2. The molecule has 64 valence electrons. The predicted octanol–water partition coefficient (Wildman–Crippen LogP) is 1.64. The van der Waals surface area contributed by atoms with Crippen molar-refractivity contribution in [3.05, 3.63) is 16.1 Å². The van der Waals surface area contributed by atoms with E-state index in [0.29, 0.717) is 0 Å². The Labute approximate surface area is 74.1 Å². The smallest absolute Gasteiger partial charge is 0.307 e. The first-order chi connectivity index (χ1) is 5.70. The summed E-state index contributed by atoms with van der Waals surface area (Å²) in [6, 6.07) is 0. The molecular weight excluding hydrogens is 174 g/mol. The van der Waals surface area contributed by atoms with Crippen LogP contribution in [0.2, 0.25) is 0 Å². The van der Waals surface area contributed by atoms with Crippen LogP contribution in [-0.2, 0) is 4.79 Å². The fourth-order valence-electron chi connectivity index (χ4n) is 1.42. The van der Waals surface area contributed by atoms with E-state index in [1.807, 2.05) is 6.92 Å². The summed E-state index contributed by atoms with van der Waals surface area (Å²) in [7, 11) is 0. The summed E-state index contributed by atoms with van der Waals surface area (Å²) in [6.45, 7) is 1.93. The Balaban J connectivity index is 2.15. The van der Waals surface area contributed by atoms with Crippen molar-refractivity contribution in [2.24, 2.45) is 5.92 Å². The SMILES string of the molecule is Cc1ncsc1C1CC1C(=O)O. The van der Waals surface area contributed by atoms with E-state index in [2.05, 4.69) is 4.98 Å². The van der Waals surface area contributed by atoms with Crippen LogP contribution in [0.25, 0.3) is 0 Å². The fourth-order valence-corrected chi connectivity index (χ4v) is 2.41. The molecule has 1 heterocycles. The van der Waals surface area contributed by atoms with Crippen LogP contribution in [0.15, 0.2) is 5.51 Å². The molecule has 1 aliphatic rings. The van der Waals surface area contributed by atoms with Crippen LogP contribution in [0, 0.1) is 12.8 Å². The number of aliphatic carboxylic acids is 1. The lowest BCUT2D eigenvalue weighted by Crippen LogP contribution is -1.98. The van der Waals surface area contributed by atoms with Crippen molar-refractivity contribution >= 4 is 17.3 Å². The summed E-state index contributed by atoms with van der Waals surface area (Å²) in [4.78, 5) is 15.8. The summed E-state index contributed by atoms with van der Waals surface area (Å²) < 4.78 is 0. The molecule has 2 rings (SSSR count). The molecule has 1 saturated carbocycles. The van der Waals surface area contributed by atoms with Crippen molar-refractivity contribution in [3.63, 3.8) is 0 Å². The zero-order chi connectivity index (χ0) is 8.72. The summed E-state index contributed by atoms with van der Waals surface area (Å²) in [5, 5.41) is 8.70. The first-order valence-corrected chi connectivity index (χ1v) is 4.71. The third kappa shape index (κ3) is 1.12. The highest BCUT2D eigenvalue weighted by Crippen LogP contribution is 2.49. The van der Waals surface area contributed by atoms with E-state index in [9.17, 15) is 4.79 Å². The number of hydrogen-bond donors (Lipinski definition) is 1. The van der Waals surface area contributed by atoms with Crippen molar-refractivity contribution in [2.75, 3.05) is 0 Å². The minimum atomic E-state index is -0.673. The summed E-state index contributed by atoms with van der Waals surface area (Å²) >= 11 is 1.57. The van der Waals surface area contributed by atoms with Crippen LogP contribution in [-0.4, -0.2) is 16.1 Å². The van der Waals surface area contributed by atoms with Crippen molar-refractivity contribution < 1.29 is 9.90 Å². The number of nitrogens with zero attached hydrogens (tertiary/aromatic N) is 1. The van der Waals surface area contributed by atoms with E-state index in [4.69, 9.17) is 5.11 Å². The monoisotopic (exact) mass is 183 g/mol. The number of aryl methyl sites for hydroxylation is 1. The number of thiazole rings is 1. The lowest BCUT2D eigenvalue weighted by molar-refractivity contribution is -0.138. The summed E-state index contributed by atoms with van der Waals surface area (Å²) in [6.07, 6.45) is 0.790. The average molecular weight is 183 g/mol. The second-order valence-electron chi connectivity index (χ2n) is 3.09. The number of rotatable bonds is 2. The Kier molecular flexibility index (Phi) is 1.65. The summed E-state index contributed by atoms with van der Waals surface area (Å²) in [5.41, 5.74) is 2.77. The molecule has 0 spiro atoms. The van der Waals surface area contributed by atoms with Gasteiger partial charge in [-0.1, -0.05) is 0 Å². The molecular formula is C8H9NO2S. The molecule has 3 nitrogen and oxygen atoms in total. The Morgan fingerprint density at radius 1 is 1.83 bits per heavy atom. The van der Waals surface area contributed by atoms with Crippen LogP contribution in [0.4, 0.5) is 0 Å². The second kappa shape index (κ2) is 2.55. The van der Waals surface area contributed by atoms with Crippen LogP contribution in [0.1, 0.15) is 22.9 Å². The van der Waals surface area contributed by atoms with Gasteiger partial charge in [-0.15, -0.1) is 11.3 Å². The van der Waals surface area contributed by atoms with E-state index in [0.717, 1.165) is 17.0 Å². The minimum absolute atomic E-state index is 0.149. The van der Waals surface area contributed by atoms with Gasteiger partial charge in [0.15, 0.2) is 0 Å². The van der Waals surface area contributed by atoms with Crippen LogP contribution in [0.5, 0.6) is 0 Å². The standard InChI is InChI=1S/C8H9NO2S/c1-4-7(12-3-9-4)5-2-6(5)8(10)11/h3,5-6H,2H2,1H3,(H,10,11). The molecule has 1 fully saturated rings. The Bertz CT molecular complexity index is 321. The molecule has 2 unspecified atom stereocenters. The molecule has 0 bridgehead atoms. The second-order valence-corrected chi connectivity index (χ2v) is 3.98. The quantitative estimate of drug-likeness (QED) is 0.758. The highest BCUT2D eigenvalue weighted by atomic mass is 32.1. The van der Waals surface area contributed by atoms with Crippen molar-refractivity contribution in [3.8, 4) is 0 Å². The normalized spacial score (nSPS) is 27.1. The van der Waals surface area contributed by atoms with Crippen molar-refractivity contribution in [2.45, 2.75) is 19.3 Å². The minimum Gasteiger partial charge on any atom is -0.481 e. The maximum atomic E-state index is 10.6. The molecule has 1 N–H and O–H groups in total. The molecule has 1 aromatic rings. The lowest BCUT2D eigenvalue weighted by Gasteiger charge is -1.92. The number of aromatic nitrogens is 1. The number of carboxylic acids is 1. The Hall–Kier alpha value is -0.900. The van der Waals surface area contributed by atoms with Crippen LogP contribution < -0.4 is 0 Å². The molecule has 2 atom stereocenters. The third-order valence-corrected chi connectivity index (χ3v) is 3.29. The Morgan fingerprint density at radius 3 is 3.00 bits per heavy atom. The molecule has 12 heavy (non-hydrogen) atoms. The molecule has 0 aliphatic heterocycles. The molecule has 1 aliphatic carbocycles. The van der Waals surface area contributed by atoms with Gasteiger partial charge in [0.1, 0.15) is 0 Å². The molecule has 0 amide bonds. The van der Waals surface area contributed by atoms with Crippen LogP contribution >= 0.6 is 11.3 Å². The maximum Gasteiger partial charge on any atom is 0.307 e. The zero-order valence-electron chi connectivity index (χ0n) is 6.65. The summed E-state index contributed by atoms with van der Waals surface area (Å²) in [5.74, 6) is -0.577. The van der Waals surface area contributed by atoms with Gasteiger partial charge in [-0.05, 0) is 13.3 Å². The average Bonchev–Trinajstić information content (AvgIpc) is 2.70. The molecule has 0 aromatic carbocycles. The van der Waals surface area contributed by atoms with E-state index in [-0.39, 0.29) is 11.8 Å². The van der Waals surface area contributed by atoms with Gasteiger partial charge >= 0.3 is 5.97 Å². The van der Waals surface area contributed by atoms with E-state index >= 15 is 0 Å². The molecule has 0 saturated heterocycles. The molecule has 0 radical (unpaired) electrons.